The Bertz CT molecular complexity index is 603. The summed E-state index contributed by atoms with van der Waals surface area (Å²) in [6.07, 6.45) is 1.38. The van der Waals surface area contributed by atoms with Crippen molar-refractivity contribution in [2.45, 2.75) is 13.0 Å². The van der Waals surface area contributed by atoms with Crippen LogP contribution in [-0.4, -0.2) is 16.8 Å². The minimum atomic E-state index is -0.231. The molecule has 1 aliphatic rings. The highest BCUT2D eigenvalue weighted by Crippen LogP contribution is 2.36. The lowest BCUT2D eigenvalue weighted by Crippen LogP contribution is -2.07. The van der Waals surface area contributed by atoms with Crippen LogP contribution in [0.3, 0.4) is 0 Å². The van der Waals surface area contributed by atoms with Crippen molar-refractivity contribution in [1.82, 2.24) is 9.97 Å². The zero-order chi connectivity index (χ0) is 13.2. The Kier molecular flexibility index (Phi) is 2.83. The van der Waals surface area contributed by atoms with Crippen molar-refractivity contribution in [3.63, 3.8) is 0 Å². The number of hydrogen-bond acceptors (Lipinski definition) is 6. The third-order valence-electron chi connectivity index (χ3n) is 2.77. The first-order valence-electron chi connectivity index (χ1n) is 5.87. The van der Waals surface area contributed by atoms with E-state index in [4.69, 9.17) is 19.9 Å². The molecule has 0 bridgehead atoms. The highest BCUT2D eigenvalue weighted by molar-refractivity contribution is 5.47. The van der Waals surface area contributed by atoms with Crippen LogP contribution in [0, 0.1) is 0 Å². The zero-order valence-corrected chi connectivity index (χ0v) is 10.4. The highest BCUT2D eigenvalue weighted by Gasteiger charge is 2.16. The molecule has 6 heteroatoms. The molecule has 98 valence electrons. The molecular formula is C13H13N3O3. The van der Waals surface area contributed by atoms with Crippen LogP contribution >= 0.6 is 0 Å². The topological polar surface area (TPSA) is 79.5 Å². The van der Waals surface area contributed by atoms with Crippen LogP contribution in [0.25, 0.3) is 0 Å². The van der Waals surface area contributed by atoms with E-state index in [1.54, 1.807) is 18.3 Å². The van der Waals surface area contributed by atoms with Crippen LogP contribution in [0.2, 0.25) is 0 Å². The van der Waals surface area contributed by atoms with Crippen molar-refractivity contribution in [3.05, 3.63) is 36.2 Å². The van der Waals surface area contributed by atoms with Crippen molar-refractivity contribution < 1.29 is 14.2 Å². The second-order valence-corrected chi connectivity index (χ2v) is 4.11. The molecule has 0 saturated heterocycles. The number of aromatic nitrogens is 2. The number of ether oxygens (including phenoxy) is 3. The van der Waals surface area contributed by atoms with Gasteiger partial charge < -0.3 is 19.9 Å². The maximum absolute atomic E-state index is 5.80. The summed E-state index contributed by atoms with van der Waals surface area (Å²) in [5, 5.41) is 0. The number of benzene rings is 1. The summed E-state index contributed by atoms with van der Waals surface area (Å²) >= 11 is 0. The van der Waals surface area contributed by atoms with Gasteiger partial charge in [-0.2, -0.15) is 0 Å². The molecular weight excluding hydrogens is 246 g/mol. The molecule has 1 aromatic heterocycles. The van der Waals surface area contributed by atoms with E-state index >= 15 is 0 Å². The Labute approximate surface area is 110 Å². The van der Waals surface area contributed by atoms with Crippen molar-refractivity contribution in [2.24, 2.45) is 0 Å². The molecule has 2 N–H and O–H groups in total. The van der Waals surface area contributed by atoms with Gasteiger partial charge in [0.05, 0.1) is 5.69 Å². The van der Waals surface area contributed by atoms with E-state index in [1.807, 2.05) is 19.1 Å². The minimum absolute atomic E-state index is 0.231. The van der Waals surface area contributed by atoms with Crippen LogP contribution in [0.1, 0.15) is 18.7 Å². The molecule has 0 fully saturated rings. The number of hydrogen-bond donors (Lipinski definition) is 1. The Morgan fingerprint density at radius 3 is 2.95 bits per heavy atom. The first-order valence-corrected chi connectivity index (χ1v) is 5.87. The average Bonchev–Trinajstić information content (AvgIpc) is 2.86. The molecule has 0 aliphatic carbocycles. The predicted molar refractivity (Wildman–Crippen MR) is 68.1 cm³/mol. The lowest BCUT2D eigenvalue weighted by molar-refractivity contribution is 0.173. The average molecular weight is 259 g/mol. The number of nitrogen functional groups attached to an aromatic ring is 1. The molecule has 6 nitrogen and oxygen atoms in total. The fourth-order valence-electron chi connectivity index (χ4n) is 1.83. The summed E-state index contributed by atoms with van der Waals surface area (Å²) in [6, 6.07) is 7.21. The summed E-state index contributed by atoms with van der Waals surface area (Å²) < 4.78 is 16.3. The van der Waals surface area contributed by atoms with Gasteiger partial charge in [-0.15, -0.1) is 0 Å². The number of nitrogens with two attached hydrogens (primary N) is 1. The standard InChI is InChI=1S/C13H13N3O3/c1-8(10-4-5-15-13(14)16-10)19-9-2-3-11-12(6-9)18-7-17-11/h2-6,8H,7H2,1H3,(H2,14,15,16)/t8-/m1/s1. The molecule has 0 unspecified atom stereocenters. The molecule has 0 amide bonds. The summed E-state index contributed by atoms with van der Waals surface area (Å²) in [7, 11) is 0. The molecule has 2 heterocycles. The van der Waals surface area contributed by atoms with Gasteiger partial charge in [-0.3, -0.25) is 0 Å². The van der Waals surface area contributed by atoms with Gasteiger partial charge in [-0.25, -0.2) is 9.97 Å². The molecule has 0 spiro atoms. The second kappa shape index (κ2) is 4.64. The van der Waals surface area contributed by atoms with E-state index < -0.39 is 0 Å². The molecule has 19 heavy (non-hydrogen) atoms. The van der Waals surface area contributed by atoms with Gasteiger partial charge in [-0.1, -0.05) is 0 Å². The monoisotopic (exact) mass is 259 g/mol. The van der Waals surface area contributed by atoms with E-state index in [9.17, 15) is 0 Å². The molecule has 1 aromatic carbocycles. The SMILES string of the molecule is C[C@@H](Oc1ccc2c(c1)OCO2)c1ccnc(N)n1. The maximum atomic E-state index is 5.80. The highest BCUT2D eigenvalue weighted by atomic mass is 16.7. The van der Waals surface area contributed by atoms with Gasteiger partial charge in [0.1, 0.15) is 11.9 Å². The van der Waals surface area contributed by atoms with Crippen molar-refractivity contribution in [2.75, 3.05) is 12.5 Å². The normalized spacial score (nSPS) is 14.2. The van der Waals surface area contributed by atoms with Crippen LogP contribution in [0.4, 0.5) is 5.95 Å². The summed E-state index contributed by atoms with van der Waals surface area (Å²) in [4.78, 5) is 7.98. The summed E-state index contributed by atoms with van der Waals surface area (Å²) in [5.74, 6) is 2.34. The van der Waals surface area contributed by atoms with Gasteiger partial charge in [0.2, 0.25) is 12.7 Å². The third kappa shape index (κ3) is 2.37. The van der Waals surface area contributed by atoms with Gasteiger partial charge in [0.15, 0.2) is 11.5 Å². The van der Waals surface area contributed by atoms with E-state index in [2.05, 4.69) is 9.97 Å². The quantitative estimate of drug-likeness (QED) is 0.907. The van der Waals surface area contributed by atoms with Gasteiger partial charge in [0, 0.05) is 12.3 Å². The van der Waals surface area contributed by atoms with Crippen LogP contribution in [0.5, 0.6) is 17.2 Å². The number of fused-ring (bicyclic) bond motifs is 1. The molecule has 2 aromatic rings. The lowest BCUT2D eigenvalue weighted by Gasteiger charge is -2.14. The lowest BCUT2D eigenvalue weighted by atomic mass is 10.2. The number of nitrogens with zero attached hydrogens (tertiary/aromatic N) is 2. The Hall–Kier alpha value is -2.50. The zero-order valence-electron chi connectivity index (χ0n) is 10.4. The van der Waals surface area contributed by atoms with E-state index in [0.29, 0.717) is 11.5 Å². The molecule has 1 atom stereocenters. The van der Waals surface area contributed by atoms with Crippen molar-refractivity contribution in [1.29, 1.82) is 0 Å². The maximum Gasteiger partial charge on any atom is 0.231 e. The van der Waals surface area contributed by atoms with Gasteiger partial charge in [0.25, 0.3) is 0 Å². The predicted octanol–water partition coefficient (Wildman–Crippen LogP) is 1.93. The first-order chi connectivity index (χ1) is 9.22. The first kappa shape index (κ1) is 11.6. The Balaban J connectivity index is 1.77. The second-order valence-electron chi connectivity index (χ2n) is 4.11. The summed E-state index contributed by atoms with van der Waals surface area (Å²) in [5.41, 5.74) is 6.28. The van der Waals surface area contributed by atoms with Crippen molar-refractivity contribution >= 4 is 5.95 Å². The Morgan fingerprint density at radius 1 is 1.26 bits per heavy atom. The molecule has 0 saturated carbocycles. The smallest absolute Gasteiger partial charge is 0.231 e. The van der Waals surface area contributed by atoms with Crippen LogP contribution < -0.4 is 19.9 Å². The molecule has 0 radical (unpaired) electrons. The van der Waals surface area contributed by atoms with Crippen LogP contribution in [0.15, 0.2) is 30.5 Å². The van der Waals surface area contributed by atoms with E-state index in [1.165, 1.54) is 0 Å². The number of rotatable bonds is 3. The minimum Gasteiger partial charge on any atom is -0.484 e. The fraction of sp³-hybridized carbons (Fsp3) is 0.231. The summed E-state index contributed by atoms with van der Waals surface area (Å²) in [6.45, 7) is 2.14. The van der Waals surface area contributed by atoms with E-state index in [0.717, 1.165) is 11.4 Å². The van der Waals surface area contributed by atoms with Crippen molar-refractivity contribution in [3.8, 4) is 17.2 Å². The van der Waals surface area contributed by atoms with Crippen LogP contribution in [-0.2, 0) is 0 Å². The third-order valence-corrected chi connectivity index (χ3v) is 2.77. The Morgan fingerprint density at radius 2 is 2.11 bits per heavy atom. The van der Waals surface area contributed by atoms with Gasteiger partial charge in [-0.05, 0) is 25.1 Å². The molecule has 1 aliphatic heterocycles. The fourth-order valence-corrected chi connectivity index (χ4v) is 1.83. The molecule has 3 rings (SSSR count). The largest absolute Gasteiger partial charge is 0.484 e. The number of anilines is 1. The van der Waals surface area contributed by atoms with E-state index in [-0.39, 0.29) is 18.8 Å². The van der Waals surface area contributed by atoms with Gasteiger partial charge >= 0.3 is 0 Å².